The van der Waals surface area contributed by atoms with Crippen LogP contribution in [0.3, 0.4) is 0 Å². The lowest BCUT2D eigenvalue weighted by Gasteiger charge is -2.15. The van der Waals surface area contributed by atoms with Gasteiger partial charge in [0.05, 0.1) is 20.8 Å². The van der Waals surface area contributed by atoms with Gasteiger partial charge in [-0.05, 0) is 30.5 Å². The highest BCUT2D eigenvalue weighted by Gasteiger charge is 2.44. The predicted molar refractivity (Wildman–Crippen MR) is 63.4 cm³/mol. The molecule has 0 spiro atoms. The van der Waals surface area contributed by atoms with E-state index in [0.717, 1.165) is 18.4 Å². The van der Waals surface area contributed by atoms with Crippen LogP contribution < -0.4 is 9.47 Å². The second kappa shape index (κ2) is 4.60. The zero-order valence-electron chi connectivity index (χ0n) is 10.0. The Morgan fingerprint density at radius 3 is 2.53 bits per heavy atom. The Labute approximate surface area is 100 Å². The van der Waals surface area contributed by atoms with E-state index in [-0.39, 0.29) is 5.41 Å². The van der Waals surface area contributed by atoms with Crippen LogP contribution in [0.5, 0.6) is 11.5 Å². The van der Waals surface area contributed by atoms with Crippen LogP contribution in [0.25, 0.3) is 0 Å². The van der Waals surface area contributed by atoms with Gasteiger partial charge in [-0.25, -0.2) is 9.79 Å². The molecule has 4 nitrogen and oxygen atoms in total. The number of benzene rings is 1. The van der Waals surface area contributed by atoms with Crippen LogP contribution in [0.1, 0.15) is 18.4 Å². The van der Waals surface area contributed by atoms with Gasteiger partial charge in [-0.1, -0.05) is 6.07 Å². The Kier molecular flexibility index (Phi) is 3.16. The first-order valence-electron chi connectivity index (χ1n) is 5.52. The topological polar surface area (TPSA) is 47.9 Å². The smallest absolute Gasteiger partial charge is 0.234 e. The minimum atomic E-state index is 0.0109. The molecule has 0 aromatic heterocycles. The number of nitrogens with zero attached hydrogens (tertiary/aromatic N) is 1. The third-order valence-electron chi connectivity index (χ3n) is 3.30. The Morgan fingerprint density at radius 1 is 1.29 bits per heavy atom. The van der Waals surface area contributed by atoms with E-state index >= 15 is 0 Å². The van der Waals surface area contributed by atoms with Crippen LogP contribution in [0, 0.1) is 0 Å². The molecule has 2 rings (SSSR count). The van der Waals surface area contributed by atoms with Gasteiger partial charge in [0, 0.05) is 5.41 Å². The molecule has 0 aliphatic heterocycles. The highest BCUT2D eigenvalue weighted by molar-refractivity contribution is 5.47. The molecular formula is C13H15NO3. The maximum Gasteiger partial charge on any atom is 0.234 e. The third kappa shape index (κ3) is 2.17. The van der Waals surface area contributed by atoms with Gasteiger partial charge in [0.15, 0.2) is 11.5 Å². The van der Waals surface area contributed by atoms with E-state index in [2.05, 4.69) is 4.99 Å². The second-order valence-corrected chi connectivity index (χ2v) is 4.26. The first-order valence-corrected chi connectivity index (χ1v) is 5.52. The molecule has 0 N–H and O–H groups in total. The van der Waals surface area contributed by atoms with Gasteiger partial charge < -0.3 is 9.47 Å². The minimum absolute atomic E-state index is 0.0109. The molecule has 0 amide bonds. The van der Waals surface area contributed by atoms with Crippen molar-refractivity contribution in [2.75, 3.05) is 20.8 Å². The average molecular weight is 233 g/mol. The Balaban J connectivity index is 2.30. The zero-order valence-corrected chi connectivity index (χ0v) is 10.0. The van der Waals surface area contributed by atoms with Crippen molar-refractivity contribution in [1.29, 1.82) is 0 Å². The fourth-order valence-electron chi connectivity index (χ4n) is 2.04. The lowest BCUT2D eigenvalue weighted by molar-refractivity contribution is 0.354. The van der Waals surface area contributed by atoms with Crippen molar-refractivity contribution < 1.29 is 14.3 Å². The van der Waals surface area contributed by atoms with E-state index in [0.29, 0.717) is 18.0 Å². The van der Waals surface area contributed by atoms with Gasteiger partial charge >= 0.3 is 0 Å². The van der Waals surface area contributed by atoms with Crippen molar-refractivity contribution >= 4 is 6.08 Å². The van der Waals surface area contributed by atoms with Crippen LogP contribution in [0.4, 0.5) is 0 Å². The summed E-state index contributed by atoms with van der Waals surface area (Å²) < 4.78 is 10.5. The number of hydrogen-bond acceptors (Lipinski definition) is 4. The maximum atomic E-state index is 10.2. The summed E-state index contributed by atoms with van der Waals surface area (Å²) in [5, 5.41) is 0. The Morgan fingerprint density at radius 2 is 2.00 bits per heavy atom. The number of isocyanates is 1. The second-order valence-electron chi connectivity index (χ2n) is 4.26. The van der Waals surface area contributed by atoms with Crippen molar-refractivity contribution in [3.8, 4) is 11.5 Å². The zero-order chi connectivity index (χ0) is 12.3. The molecule has 1 aromatic carbocycles. The van der Waals surface area contributed by atoms with Crippen molar-refractivity contribution in [1.82, 2.24) is 0 Å². The molecular weight excluding hydrogens is 218 g/mol. The SMILES string of the molecule is COc1ccc(C2(CN=C=O)CC2)cc1OC. The summed E-state index contributed by atoms with van der Waals surface area (Å²) in [6, 6.07) is 5.86. The standard InChI is InChI=1S/C13H15NO3/c1-16-11-4-3-10(7-12(11)17-2)13(5-6-13)8-14-9-15/h3-4,7H,5-6,8H2,1-2H3. The molecule has 0 heterocycles. The highest BCUT2D eigenvalue weighted by Crippen LogP contribution is 2.49. The quantitative estimate of drug-likeness (QED) is 0.577. The molecule has 1 fully saturated rings. The van der Waals surface area contributed by atoms with Gasteiger partial charge in [0.2, 0.25) is 6.08 Å². The fraction of sp³-hybridized carbons (Fsp3) is 0.462. The summed E-state index contributed by atoms with van der Waals surface area (Å²) in [7, 11) is 3.23. The minimum Gasteiger partial charge on any atom is -0.493 e. The molecule has 0 unspecified atom stereocenters. The van der Waals surface area contributed by atoms with Crippen LogP contribution >= 0.6 is 0 Å². The highest BCUT2D eigenvalue weighted by atomic mass is 16.5. The van der Waals surface area contributed by atoms with Crippen LogP contribution in [-0.4, -0.2) is 26.8 Å². The number of carbonyl (C=O) groups excluding carboxylic acids is 1. The van der Waals surface area contributed by atoms with E-state index in [1.807, 2.05) is 18.2 Å². The molecule has 1 aliphatic carbocycles. The molecule has 1 aromatic rings. The van der Waals surface area contributed by atoms with Gasteiger partial charge in [-0.2, -0.15) is 0 Å². The number of hydrogen-bond donors (Lipinski definition) is 0. The van der Waals surface area contributed by atoms with E-state index in [4.69, 9.17) is 9.47 Å². The fourth-order valence-corrected chi connectivity index (χ4v) is 2.04. The summed E-state index contributed by atoms with van der Waals surface area (Å²) in [6.07, 6.45) is 3.70. The molecule has 90 valence electrons. The van der Waals surface area contributed by atoms with Gasteiger partial charge in [-0.15, -0.1) is 0 Å². The largest absolute Gasteiger partial charge is 0.493 e. The number of aliphatic imine (C=N–C) groups is 1. The molecule has 1 aliphatic rings. The first-order chi connectivity index (χ1) is 8.25. The summed E-state index contributed by atoms with van der Waals surface area (Å²) in [5.41, 5.74) is 1.16. The Bertz CT molecular complexity index is 460. The summed E-state index contributed by atoms with van der Waals surface area (Å²) in [5.74, 6) is 1.43. The molecule has 1 saturated carbocycles. The molecule has 0 atom stereocenters. The number of ether oxygens (including phenoxy) is 2. The van der Waals surface area contributed by atoms with Crippen molar-refractivity contribution in [2.45, 2.75) is 18.3 Å². The normalized spacial score (nSPS) is 15.9. The molecule has 17 heavy (non-hydrogen) atoms. The van der Waals surface area contributed by atoms with Gasteiger partial charge in [0.25, 0.3) is 0 Å². The maximum absolute atomic E-state index is 10.2. The molecule has 0 radical (unpaired) electrons. The third-order valence-corrected chi connectivity index (χ3v) is 3.30. The Hall–Kier alpha value is -1.80. The lowest BCUT2D eigenvalue weighted by Crippen LogP contribution is -2.11. The lowest BCUT2D eigenvalue weighted by atomic mass is 9.96. The van der Waals surface area contributed by atoms with Crippen molar-refractivity contribution in [2.24, 2.45) is 4.99 Å². The van der Waals surface area contributed by atoms with Gasteiger partial charge in [0.1, 0.15) is 0 Å². The monoisotopic (exact) mass is 233 g/mol. The number of methoxy groups -OCH3 is 2. The van der Waals surface area contributed by atoms with E-state index < -0.39 is 0 Å². The van der Waals surface area contributed by atoms with E-state index in [1.54, 1.807) is 20.3 Å². The van der Waals surface area contributed by atoms with E-state index in [1.165, 1.54) is 0 Å². The average Bonchev–Trinajstić information content (AvgIpc) is 3.16. The summed E-state index contributed by atoms with van der Waals surface area (Å²) >= 11 is 0. The molecule has 4 heteroatoms. The summed E-state index contributed by atoms with van der Waals surface area (Å²) in [4.78, 5) is 13.9. The van der Waals surface area contributed by atoms with Crippen molar-refractivity contribution in [3.63, 3.8) is 0 Å². The van der Waals surface area contributed by atoms with Crippen molar-refractivity contribution in [3.05, 3.63) is 23.8 Å². The molecule has 0 saturated heterocycles. The molecule has 0 bridgehead atoms. The number of rotatable bonds is 5. The van der Waals surface area contributed by atoms with Crippen LogP contribution in [-0.2, 0) is 10.2 Å². The van der Waals surface area contributed by atoms with Gasteiger partial charge in [-0.3, -0.25) is 0 Å². The van der Waals surface area contributed by atoms with Crippen LogP contribution in [0.2, 0.25) is 0 Å². The van der Waals surface area contributed by atoms with E-state index in [9.17, 15) is 4.79 Å². The van der Waals surface area contributed by atoms with Crippen LogP contribution in [0.15, 0.2) is 23.2 Å². The summed E-state index contributed by atoms with van der Waals surface area (Å²) in [6.45, 7) is 0.506. The first kappa shape index (κ1) is 11.7. The predicted octanol–water partition coefficient (Wildman–Crippen LogP) is 2.07.